The molecule has 0 saturated heterocycles. The number of hydrogen-bond acceptors (Lipinski definition) is 6. The monoisotopic (exact) mass is 390 g/mol. The third kappa shape index (κ3) is 2.64. The molecule has 0 amide bonds. The SMILES string of the molecule is Cn1c(=O)[nH]c2nc(-c3nn(Cc4ccccc4F)c4ncccc34)nc(N)c21. The van der Waals surface area contributed by atoms with E-state index in [0.717, 1.165) is 0 Å². The Morgan fingerprint density at radius 2 is 2.00 bits per heavy atom. The molecule has 4 aromatic heterocycles. The summed E-state index contributed by atoms with van der Waals surface area (Å²) in [5, 5.41) is 5.28. The first-order valence-electron chi connectivity index (χ1n) is 8.80. The van der Waals surface area contributed by atoms with Crippen molar-refractivity contribution in [2.75, 3.05) is 5.73 Å². The third-order valence-corrected chi connectivity index (χ3v) is 4.77. The van der Waals surface area contributed by atoms with Gasteiger partial charge in [0.1, 0.15) is 17.0 Å². The van der Waals surface area contributed by atoms with Crippen molar-refractivity contribution in [1.82, 2.24) is 34.3 Å². The summed E-state index contributed by atoms with van der Waals surface area (Å²) in [7, 11) is 1.59. The van der Waals surface area contributed by atoms with E-state index < -0.39 is 0 Å². The number of pyridine rings is 1. The van der Waals surface area contributed by atoms with Crippen molar-refractivity contribution in [2.45, 2.75) is 6.54 Å². The number of rotatable bonds is 3. The van der Waals surface area contributed by atoms with Gasteiger partial charge in [0.05, 0.1) is 11.9 Å². The third-order valence-electron chi connectivity index (χ3n) is 4.77. The van der Waals surface area contributed by atoms with Gasteiger partial charge in [0.15, 0.2) is 22.9 Å². The highest BCUT2D eigenvalue weighted by atomic mass is 19.1. The fourth-order valence-corrected chi connectivity index (χ4v) is 3.36. The zero-order chi connectivity index (χ0) is 20.1. The van der Waals surface area contributed by atoms with Gasteiger partial charge in [-0.3, -0.25) is 9.55 Å². The molecular formula is C19H15FN8O. The van der Waals surface area contributed by atoms with Gasteiger partial charge < -0.3 is 5.73 Å². The average molecular weight is 390 g/mol. The number of H-pyrrole nitrogens is 1. The van der Waals surface area contributed by atoms with Crippen LogP contribution in [-0.4, -0.2) is 34.3 Å². The predicted molar refractivity (Wildman–Crippen MR) is 106 cm³/mol. The normalized spacial score (nSPS) is 11.5. The van der Waals surface area contributed by atoms with E-state index in [4.69, 9.17) is 5.73 Å². The topological polar surface area (TPSA) is 120 Å². The van der Waals surface area contributed by atoms with Crippen LogP contribution in [0.2, 0.25) is 0 Å². The molecule has 0 aliphatic carbocycles. The van der Waals surface area contributed by atoms with Crippen LogP contribution in [0.3, 0.4) is 0 Å². The Kier molecular flexibility index (Phi) is 3.66. The van der Waals surface area contributed by atoms with E-state index in [2.05, 4.69) is 25.0 Å². The first kappa shape index (κ1) is 17.0. The molecule has 9 nitrogen and oxygen atoms in total. The highest BCUT2D eigenvalue weighted by Crippen LogP contribution is 2.27. The van der Waals surface area contributed by atoms with Crippen LogP contribution in [0.25, 0.3) is 33.7 Å². The number of hydrogen-bond donors (Lipinski definition) is 2. The lowest BCUT2D eigenvalue weighted by Crippen LogP contribution is -2.12. The number of aromatic amines is 1. The molecule has 0 radical (unpaired) electrons. The highest BCUT2D eigenvalue weighted by molar-refractivity contribution is 5.91. The van der Waals surface area contributed by atoms with Gasteiger partial charge >= 0.3 is 5.69 Å². The number of anilines is 1. The summed E-state index contributed by atoms with van der Waals surface area (Å²) in [4.78, 5) is 27.7. The van der Waals surface area contributed by atoms with Crippen molar-refractivity contribution in [1.29, 1.82) is 0 Å². The van der Waals surface area contributed by atoms with Crippen molar-refractivity contribution >= 4 is 28.0 Å². The summed E-state index contributed by atoms with van der Waals surface area (Å²) in [5.74, 6) is 0.0890. The minimum Gasteiger partial charge on any atom is -0.382 e. The number of nitrogen functional groups attached to an aromatic ring is 1. The molecule has 0 atom stereocenters. The molecule has 144 valence electrons. The summed E-state index contributed by atoms with van der Waals surface area (Å²) in [6.07, 6.45) is 1.64. The van der Waals surface area contributed by atoms with Crippen LogP contribution in [0.15, 0.2) is 47.4 Å². The number of aryl methyl sites for hydroxylation is 1. The maximum atomic E-state index is 14.1. The van der Waals surface area contributed by atoms with Crippen LogP contribution in [0.4, 0.5) is 10.2 Å². The summed E-state index contributed by atoms with van der Waals surface area (Å²) in [5.41, 5.74) is 7.97. The fraction of sp³-hybridized carbons (Fsp3) is 0.105. The molecule has 0 bridgehead atoms. The Morgan fingerprint density at radius 3 is 2.83 bits per heavy atom. The first-order valence-corrected chi connectivity index (χ1v) is 8.80. The fourth-order valence-electron chi connectivity index (χ4n) is 3.36. The van der Waals surface area contributed by atoms with E-state index in [1.165, 1.54) is 10.6 Å². The molecule has 3 N–H and O–H groups in total. The molecule has 0 spiro atoms. The van der Waals surface area contributed by atoms with Crippen molar-refractivity contribution in [3.63, 3.8) is 0 Å². The quantitative estimate of drug-likeness (QED) is 0.485. The number of benzene rings is 1. The summed E-state index contributed by atoms with van der Waals surface area (Å²) < 4.78 is 17.1. The lowest BCUT2D eigenvalue weighted by atomic mass is 10.2. The van der Waals surface area contributed by atoms with E-state index in [1.807, 2.05) is 6.07 Å². The van der Waals surface area contributed by atoms with Crippen LogP contribution >= 0.6 is 0 Å². The summed E-state index contributed by atoms with van der Waals surface area (Å²) in [6, 6.07) is 10.1. The molecule has 10 heteroatoms. The molecular weight excluding hydrogens is 375 g/mol. The Bertz CT molecular complexity index is 1450. The van der Waals surface area contributed by atoms with Crippen LogP contribution in [-0.2, 0) is 13.6 Å². The van der Waals surface area contributed by atoms with Crippen LogP contribution in [0.1, 0.15) is 5.56 Å². The van der Waals surface area contributed by atoms with Crippen LogP contribution in [0, 0.1) is 5.82 Å². The van der Waals surface area contributed by atoms with E-state index in [9.17, 15) is 9.18 Å². The zero-order valence-corrected chi connectivity index (χ0v) is 15.3. The second-order valence-corrected chi connectivity index (χ2v) is 6.59. The molecule has 5 rings (SSSR count). The summed E-state index contributed by atoms with van der Waals surface area (Å²) in [6.45, 7) is 0.195. The summed E-state index contributed by atoms with van der Waals surface area (Å²) >= 11 is 0. The number of aromatic nitrogens is 7. The molecule has 0 aliphatic rings. The molecule has 1 aromatic carbocycles. The van der Waals surface area contributed by atoms with Crippen molar-refractivity contribution in [3.8, 4) is 11.5 Å². The number of nitrogens with two attached hydrogens (primary N) is 1. The first-order chi connectivity index (χ1) is 14.0. The molecule has 29 heavy (non-hydrogen) atoms. The molecule has 0 unspecified atom stereocenters. The average Bonchev–Trinajstić information content (AvgIpc) is 3.21. The van der Waals surface area contributed by atoms with Crippen LogP contribution < -0.4 is 11.4 Å². The number of fused-ring (bicyclic) bond motifs is 2. The Morgan fingerprint density at radius 1 is 1.17 bits per heavy atom. The van der Waals surface area contributed by atoms with E-state index >= 15 is 0 Å². The van der Waals surface area contributed by atoms with E-state index in [-0.39, 0.29) is 29.7 Å². The zero-order valence-electron chi connectivity index (χ0n) is 15.3. The van der Waals surface area contributed by atoms with Gasteiger partial charge in [-0.1, -0.05) is 18.2 Å². The lowest BCUT2D eigenvalue weighted by Gasteiger charge is -2.04. The van der Waals surface area contributed by atoms with Crippen LogP contribution in [0.5, 0.6) is 0 Å². The Balaban J connectivity index is 1.71. The second kappa shape index (κ2) is 6.23. The van der Waals surface area contributed by atoms with E-state index in [0.29, 0.717) is 33.5 Å². The Hall–Kier alpha value is -4.08. The predicted octanol–water partition coefficient (Wildman–Crippen LogP) is 1.84. The molecule has 4 heterocycles. The highest BCUT2D eigenvalue weighted by Gasteiger charge is 2.19. The molecule has 5 aromatic rings. The largest absolute Gasteiger partial charge is 0.382 e. The van der Waals surface area contributed by atoms with Gasteiger partial charge in [-0.2, -0.15) is 5.10 Å². The van der Waals surface area contributed by atoms with E-state index in [1.54, 1.807) is 42.2 Å². The molecule has 0 aliphatic heterocycles. The van der Waals surface area contributed by atoms with Gasteiger partial charge in [0.25, 0.3) is 0 Å². The van der Waals surface area contributed by atoms with Gasteiger partial charge in [-0.15, -0.1) is 0 Å². The minimum absolute atomic E-state index is 0.159. The minimum atomic E-state index is -0.338. The van der Waals surface area contributed by atoms with Gasteiger partial charge in [-0.25, -0.2) is 28.8 Å². The van der Waals surface area contributed by atoms with Gasteiger partial charge in [0, 0.05) is 18.8 Å². The smallest absolute Gasteiger partial charge is 0.327 e. The number of imidazole rings is 1. The second-order valence-electron chi connectivity index (χ2n) is 6.59. The lowest BCUT2D eigenvalue weighted by molar-refractivity contribution is 0.589. The number of halogens is 1. The number of nitrogens with zero attached hydrogens (tertiary/aromatic N) is 6. The van der Waals surface area contributed by atoms with Gasteiger partial charge in [0.2, 0.25) is 0 Å². The van der Waals surface area contributed by atoms with Crippen molar-refractivity contribution < 1.29 is 4.39 Å². The maximum absolute atomic E-state index is 14.1. The van der Waals surface area contributed by atoms with Gasteiger partial charge in [-0.05, 0) is 18.2 Å². The molecule has 0 fully saturated rings. The maximum Gasteiger partial charge on any atom is 0.327 e. The Labute approximate surface area is 162 Å². The number of nitrogens with one attached hydrogen (secondary N) is 1. The van der Waals surface area contributed by atoms with Crippen molar-refractivity contribution in [2.24, 2.45) is 7.05 Å². The standard InChI is InChI=1S/C19H15FN8O/c1-27-14-15(21)23-16(24-17(14)25-19(27)29)13-11-6-4-8-22-18(11)28(26-13)9-10-5-2-3-7-12(10)20/h2-8H,9H2,1H3,(H3,21,23,24,25,29). The molecule has 0 saturated carbocycles. The van der Waals surface area contributed by atoms with Crippen molar-refractivity contribution in [3.05, 3.63) is 64.5 Å².